The quantitative estimate of drug-likeness (QED) is 0.0209. The molecule has 0 bridgehead atoms. The first kappa shape index (κ1) is 51.1. The van der Waals surface area contributed by atoms with Crippen LogP contribution >= 0.6 is 0 Å². The number of carbonyl (C=O) groups is 2. The number of ether oxygens (including phenoxy) is 4. The third-order valence-electron chi connectivity index (χ3n) is 9.78. The van der Waals surface area contributed by atoms with Gasteiger partial charge in [0.1, 0.15) is 36.8 Å². The van der Waals surface area contributed by atoms with Crippen molar-refractivity contribution >= 4 is 22.1 Å². The Morgan fingerprint density at radius 2 is 1.09 bits per heavy atom. The number of hydrogen-bond acceptors (Lipinski definition) is 11. The van der Waals surface area contributed by atoms with Gasteiger partial charge in [-0.2, -0.15) is 8.42 Å². The van der Waals surface area contributed by atoms with Crippen molar-refractivity contribution in [2.75, 3.05) is 19.0 Å². The molecule has 1 aliphatic rings. The van der Waals surface area contributed by atoms with E-state index in [-0.39, 0.29) is 19.4 Å². The summed E-state index contributed by atoms with van der Waals surface area (Å²) in [6.07, 6.45) is 25.2. The molecule has 1 rings (SSSR count). The summed E-state index contributed by atoms with van der Waals surface area (Å²) < 4.78 is 53.9. The van der Waals surface area contributed by atoms with E-state index in [1.54, 1.807) is 0 Å². The van der Waals surface area contributed by atoms with Gasteiger partial charge in [-0.25, -0.2) is 0 Å². The zero-order valence-corrected chi connectivity index (χ0v) is 34.9. The highest BCUT2D eigenvalue weighted by Gasteiger charge is 2.46. The Bertz CT molecular complexity index is 1130. The summed E-state index contributed by atoms with van der Waals surface area (Å²) >= 11 is 0. The van der Waals surface area contributed by atoms with Crippen LogP contribution in [0, 0.1) is 0 Å². The van der Waals surface area contributed by atoms with E-state index in [0.717, 1.165) is 57.8 Å². The molecule has 1 fully saturated rings. The van der Waals surface area contributed by atoms with Crippen LogP contribution in [0.3, 0.4) is 0 Å². The molecule has 0 saturated carbocycles. The normalized spacial score (nSPS) is 21.0. The van der Waals surface area contributed by atoms with E-state index in [9.17, 15) is 37.9 Å². The van der Waals surface area contributed by atoms with Crippen molar-refractivity contribution in [1.82, 2.24) is 0 Å². The third-order valence-corrected chi connectivity index (χ3v) is 10.5. The zero-order valence-electron chi connectivity index (χ0n) is 34.0. The van der Waals surface area contributed by atoms with E-state index < -0.39 is 71.2 Å². The second-order valence-electron chi connectivity index (χ2n) is 15.0. The summed E-state index contributed by atoms with van der Waals surface area (Å²) in [7, 11) is -4.60. The average Bonchev–Trinajstić information content (AvgIpc) is 3.14. The number of aliphatic hydroxyl groups excluding tert-OH is 3. The average molecular weight is 805 g/mol. The molecular weight excluding hydrogens is 729 g/mol. The van der Waals surface area contributed by atoms with Crippen LogP contribution in [0.1, 0.15) is 174 Å². The predicted octanol–water partition coefficient (Wildman–Crippen LogP) is 8.06. The molecule has 0 aliphatic carbocycles. The second kappa shape index (κ2) is 33.1. The smallest absolute Gasteiger partial charge is 0.306 e. The lowest BCUT2D eigenvalue weighted by molar-refractivity contribution is -0.297. The summed E-state index contributed by atoms with van der Waals surface area (Å²) in [4.78, 5) is 25.3. The molecule has 0 radical (unpaired) electrons. The number of rotatable bonds is 35. The Labute approximate surface area is 332 Å². The molecule has 55 heavy (non-hydrogen) atoms. The van der Waals surface area contributed by atoms with Crippen molar-refractivity contribution in [1.29, 1.82) is 0 Å². The maximum Gasteiger partial charge on any atom is 0.306 e. The van der Waals surface area contributed by atoms with E-state index in [1.165, 1.54) is 77.0 Å². The highest BCUT2D eigenvalue weighted by atomic mass is 32.2. The number of allylic oxidation sites excluding steroid dienone is 4. The van der Waals surface area contributed by atoms with Crippen LogP contribution < -0.4 is 0 Å². The summed E-state index contributed by atoms with van der Waals surface area (Å²) in [5.41, 5.74) is 0. The summed E-state index contributed by atoms with van der Waals surface area (Å²) in [6, 6.07) is 0. The molecule has 0 spiro atoms. The fourth-order valence-electron chi connectivity index (χ4n) is 6.41. The maximum absolute atomic E-state index is 12.7. The highest BCUT2D eigenvalue weighted by Crippen LogP contribution is 2.24. The van der Waals surface area contributed by atoms with Crippen molar-refractivity contribution < 1.29 is 56.8 Å². The standard InChI is InChI=1S/C42H76O12S/c1-3-5-7-9-11-13-15-16-17-18-19-20-21-23-24-26-28-30-37(43)51-32-35(53-38(44)31-29-27-25-22-14-12-10-8-6-4-2)33-52-42-41(47)40(46)39(45)36(54-42)34-55(48,49)50/h11,13,16-17,35-36,39-42,45-47H,3-10,12,14-15,18-34H2,1-2H3,(H,48,49,50)/b13-11+,17-16+/t35-,36-,39-,40?,41?,42+/m1/s1. The Morgan fingerprint density at radius 3 is 1.64 bits per heavy atom. The van der Waals surface area contributed by atoms with Gasteiger partial charge in [-0.3, -0.25) is 14.1 Å². The zero-order chi connectivity index (χ0) is 40.6. The van der Waals surface area contributed by atoms with Gasteiger partial charge in [0.05, 0.1) is 6.61 Å². The minimum atomic E-state index is -4.60. The molecule has 1 aliphatic heterocycles. The fourth-order valence-corrected chi connectivity index (χ4v) is 7.10. The molecule has 322 valence electrons. The minimum Gasteiger partial charge on any atom is -0.462 e. The van der Waals surface area contributed by atoms with Crippen LogP contribution in [0.15, 0.2) is 24.3 Å². The van der Waals surface area contributed by atoms with Crippen LogP contribution in [-0.4, -0.2) is 96.0 Å². The molecule has 0 amide bonds. The minimum absolute atomic E-state index is 0.165. The topological polar surface area (TPSA) is 186 Å². The lowest BCUT2D eigenvalue weighted by Crippen LogP contribution is -2.60. The molecule has 1 heterocycles. The van der Waals surface area contributed by atoms with Gasteiger partial charge in [0.15, 0.2) is 12.4 Å². The SMILES string of the molecule is CCCCC/C=C/C/C=C/CCCCCCCCCC(=O)OC[C@H](CO[C@H]1O[C@H](CS(=O)(=O)O)[C@@H](O)C(O)C1O)OC(=O)CCCCCCCCCCCC. The van der Waals surface area contributed by atoms with Crippen molar-refractivity contribution in [3.8, 4) is 0 Å². The fraction of sp³-hybridized carbons (Fsp3) is 0.857. The van der Waals surface area contributed by atoms with E-state index in [4.69, 9.17) is 18.9 Å². The van der Waals surface area contributed by atoms with Gasteiger partial charge in [0.25, 0.3) is 10.1 Å². The summed E-state index contributed by atoms with van der Waals surface area (Å²) in [5.74, 6) is -1.99. The van der Waals surface area contributed by atoms with Crippen LogP contribution in [-0.2, 0) is 38.7 Å². The van der Waals surface area contributed by atoms with Crippen LogP contribution in [0.4, 0.5) is 0 Å². The van der Waals surface area contributed by atoms with E-state index >= 15 is 0 Å². The van der Waals surface area contributed by atoms with Gasteiger partial charge < -0.3 is 34.3 Å². The van der Waals surface area contributed by atoms with E-state index in [2.05, 4.69) is 38.2 Å². The molecule has 4 N–H and O–H groups in total. The first-order valence-electron chi connectivity index (χ1n) is 21.4. The van der Waals surface area contributed by atoms with Gasteiger partial charge in [0.2, 0.25) is 0 Å². The van der Waals surface area contributed by atoms with Crippen molar-refractivity contribution in [2.24, 2.45) is 0 Å². The molecular formula is C42H76O12S. The lowest BCUT2D eigenvalue weighted by Gasteiger charge is -2.40. The van der Waals surface area contributed by atoms with E-state index in [0.29, 0.717) is 12.8 Å². The van der Waals surface area contributed by atoms with Crippen LogP contribution in [0.5, 0.6) is 0 Å². The Morgan fingerprint density at radius 1 is 0.618 bits per heavy atom. The number of carbonyl (C=O) groups excluding carboxylic acids is 2. The Balaban J connectivity index is 2.45. The van der Waals surface area contributed by atoms with E-state index in [1.807, 2.05) is 0 Å². The van der Waals surface area contributed by atoms with Crippen LogP contribution in [0.25, 0.3) is 0 Å². The van der Waals surface area contributed by atoms with Gasteiger partial charge in [-0.15, -0.1) is 0 Å². The Kier molecular flexibility index (Phi) is 30.8. The Hall–Kier alpha value is -1.87. The molecule has 1 saturated heterocycles. The first-order valence-corrected chi connectivity index (χ1v) is 23.0. The second-order valence-corrected chi connectivity index (χ2v) is 16.5. The molecule has 0 aromatic heterocycles. The number of unbranched alkanes of at least 4 members (excludes halogenated alkanes) is 19. The predicted molar refractivity (Wildman–Crippen MR) is 215 cm³/mol. The number of esters is 2. The summed E-state index contributed by atoms with van der Waals surface area (Å²) in [5, 5.41) is 30.8. The van der Waals surface area contributed by atoms with Crippen molar-refractivity contribution in [3.05, 3.63) is 24.3 Å². The van der Waals surface area contributed by atoms with Gasteiger partial charge in [-0.05, 0) is 44.9 Å². The summed E-state index contributed by atoms with van der Waals surface area (Å²) in [6.45, 7) is 3.70. The van der Waals surface area contributed by atoms with Gasteiger partial charge in [0, 0.05) is 12.8 Å². The van der Waals surface area contributed by atoms with Gasteiger partial charge in [-0.1, -0.05) is 141 Å². The molecule has 6 atom stereocenters. The molecule has 13 heteroatoms. The highest BCUT2D eigenvalue weighted by molar-refractivity contribution is 7.85. The monoisotopic (exact) mass is 805 g/mol. The van der Waals surface area contributed by atoms with Crippen LogP contribution in [0.2, 0.25) is 0 Å². The molecule has 0 aromatic carbocycles. The van der Waals surface area contributed by atoms with Crippen molar-refractivity contribution in [3.63, 3.8) is 0 Å². The van der Waals surface area contributed by atoms with Crippen molar-refractivity contribution in [2.45, 2.75) is 211 Å². The number of hydrogen-bond donors (Lipinski definition) is 4. The lowest BCUT2D eigenvalue weighted by atomic mass is 10.00. The maximum atomic E-state index is 12.7. The van der Waals surface area contributed by atoms with Gasteiger partial charge >= 0.3 is 11.9 Å². The molecule has 2 unspecified atom stereocenters. The largest absolute Gasteiger partial charge is 0.462 e. The first-order chi connectivity index (χ1) is 26.5. The number of aliphatic hydroxyl groups is 3. The molecule has 12 nitrogen and oxygen atoms in total. The third kappa shape index (κ3) is 28.2. The molecule has 0 aromatic rings.